The van der Waals surface area contributed by atoms with Crippen molar-refractivity contribution in [1.29, 1.82) is 0 Å². The summed E-state index contributed by atoms with van der Waals surface area (Å²) in [5, 5.41) is 13.0. The molecule has 1 atom stereocenters. The van der Waals surface area contributed by atoms with E-state index in [0.29, 0.717) is 27.6 Å². The monoisotopic (exact) mass is 392 g/mol. The Hall–Kier alpha value is -2.61. The normalized spacial score (nSPS) is 11.7. The van der Waals surface area contributed by atoms with Crippen LogP contribution in [-0.4, -0.2) is 36.2 Å². The Balaban J connectivity index is 2.32. The molecule has 2 aromatic rings. The van der Waals surface area contributed by atoms with E-state index in [2.05, 4.69) is 17.2 Å². The zero-order valence-corrected chi connectivity index (χ0v) is 16.7. The van der Waals surface area contributed by atoms with Crippen LogP contribution < -0.4 is 14.8 Å². The van der Waals surface area contributed by atoms with E-state index in [-0.39, 0.29) is 12.3 Å². The molecule has 7 nitrogen and oxygen atoms in total. The average molecular weight is 392 g/mol. The van der Waals surface area contributed by atoms with Gasteiger partial charge in [-0.3, -0.25) is 9.59 Å². The van der Waals surface area contributed by atoms with E-state index in [1.165, 1.54) is 25.6 Å². The molecule has 0 spiro atoms. The van der Waals surface area contributed by atoms with Gasteiger partial charge < -0.3 is 19.9 Å². The molecule has 1 unspecified atom stereocenters. The molecular weight excluding hydrogens is 368 g/mol. The molecule has 0 aliphatic heterocycles. The number of nitrogens with zero attached hydrogens (tertiary/aromatic N) is 1. The maximum absolute atomic E-state index is 12.8. The van der Waals surface area contributed by atoms with Crippen molar-refractivity contribution in [2.45, 2.75) is 39.2 Å². The lowest BCUT2D eigenvalue weighted by Gasteiger charge is -2.20. The number of methoxy groups -OCH3 is 2. The summed E-state index contributed by atoms with van der Waals surface area (Å²) in [4.78, 5) is 29.0. The molecule has 0 aliphatic carbocycles. The number of hydrogen-bond acceptors (Lipinski definition) is 6. The molecule has 0 saturated carbocycles. The van der Waals surface area contributed by atoms with E-state index >= 15 is 0 Å². The molecule has 1 aromatic heterocycles. The van der Waals surface area contributed by atoms with Crippen LogP contribution in [0.25, 0.3) is 0 Å². The van der Waals surface area contributed by atoms with Crippen LogP contribution in [0.5, 0.6) is 11.5 Å². The second kappa shape index (κ2) is 9.36. The highest BCUT2D eigenvalue weighted by Gasteiger charge is 2.24. The topological polar surface area (TPSA) is 97.8 Å². The number of nitrogens with one attached hydrogen (secondary N) is 1. The standard InChI is InChI=1S/C19H24N2O5S/c1-5-6-16-20-11(2)18(27-16)19(24)21-14(10-17(22)23)13-8-7-12(25-3)9-15(13)26-4/h7-9,14H,5-6,10H2,1-4H3,(H,21,24)(H,22,23). The van der Waals surface area contributed by atoms with Crippen LogP contribution in [-0.2, 0) is 11.2 Å². The Morgan fingerprint density at radius 3 is 2.63 bits per heavy atom. The molecule has 146 valence electrons. The highest BCUT2D eigenvalue weighted by molar-refractivity contribution is 7.13. The highest BCUT2D eigenvalue weighted by atomic mass is 32.1. The van der Waals surface area contributed by atoms with Crippen molar-refractivity contribution in [3.63, 3.8) is 0 Å². The number of hydrogen-bond donors (Lipinski definition) is 2. The van der Waals surface area contributed by atoms with Gasteiger partial charge in [0.15, 0.2) is 0 Å². The van der Waals surface area contributed by atoms with Crippen LogP contribution in [0.3, 0.4) is 0 Å². The number of ether oxygens (including phenoxy) is 2. The van der Waals surface area contributed by atoms with Gasteiger partial charge >= 0.3 is 5.97 Å². The number of aryl methyl sites for hydroxylation is 2. The van der Waals surface area contributed by atoms with Crippen molar-refractivity contribution >= 4 is 23.2 Å². The minimum absolute atomic E-state index is 0.270. The Bertz CT molecular complexity index is 818. The van der Waals surface area contributed by atoms with Crippen LogP contribution in [0, 0.1) is 6.92 Å². The number of carbonyl (C=O) groups is 2. The summed E-state index contributed by atoms with van der Waals surface area (Å²) in [6.07, 6.45) is 1.48. The third-order valence-corrected chi connectivity index (χ3v) is 5.23. The van der Waals surface area contributed by atoms with Gasteiger partial charge in [-0.15, -0.1) is 11.3 Å². The number of aliphatic carboxylic acids is 1. The number of aromatic nitrogens is 1. The van der Waals surface area contributed by atoms with Gasteiger partial charge in [0.25, 0.3) is 5.91 Å². The summed E-state index contributed by atoms with van der Waals surface area (Å²) in [7, 11) is 3.02. The van der Waals surface area contributed by atoms with Crippen molar-refractivity contribution in [2.24, 2.45) is 0 Å². The number of thiazole rings is 1. The Morgan fingerprint density at radius 2 is 2.04 bits per heavy atom. The van der Waals surface area contributed by atoms with E-state index < -0.39 is 12.0 Å². The van der Waals surface area contributed by atoms with E-state index in [4.69, 9.17) is 9.47 Å². The third-order valence-electron chi connectivity index (χ3n) is 4.01. The highest BCUT2D eigenvalue weighted by Crippen LogP contribution is 2.32. The van der Waals surface area contributed by atoms with Crippen molar-refractivity contribution in [3.8, 4) is 11.5 Å². The first-order valence-corrected chi connectivity index (χ1v) is 9.42. The lowest BCUT2D eigenvalue weighted by molar-refractivity contribution is -0.137. The maximum Gasteiger partial charge on any atom is 0.305 e. The van der Waals surface area contributed by atoms with Gasteiger partial charge in [-0.1, -0.05) is 6.92 Å². The average Bonchev–Trinajstić information content (AvgIpc) is 3.01. The van der Waals surface area contributed by atoms with Gasteiger partial charge in [0, 0.05) is 11.6 Å². The van der Waals surface area contributed by atoms with E-state index in [9.17, 15) is 14.7 Å². The fraction of sp³-hybridized carbons (Fsp3) is 0.421. The maximum atomic E-state index is 12.8. The molecule has 0 radical (unpaired) electrons. The van der Waals surface area contributed by atoms with Crippen LogP contribution in [0.4, 0.5) is 0 Å². The van der Waals surface area contributed by atoms with Crippen molar-refractivity contribution in [3.05, 3.63) is 39.3 Å². The molecule has 1 aromatic carbocycles. The van der Waals surface area contributed by atoms with E-state index in [0.717, 1.165) is 17.8 Å². The second-order valence-electron chi connectivity index (χ2n) is 6.00. The SMILES string of the molecule is CCCc1nc(C)c(C(=O)NC(CC(=O)O)c2ccc(OC)cc2OC)s1. The molecule has 2 N–H and O–H groups in total. The zero-order chi connectivity index (χ0) is 20.0. The molecule has 0 bridgehead atoms. The minimum Gasteiger partial charge on any atom is -0.497 e. The molecule has 1 amide bonds. The summed E-state index contributed by atoms with van der Waals surface area (Å²) >= 11 is 1.34. The van der Waals surface area contributed by atoms with E-state index in [1.807, 2.05) is 0 Å². The Kier molecular flexibility index (Phi) is 7.18. The first-order valence-electron chi connectivity index (χ1n) is 8.60. The predicted molar refractivity (Wildman–Crippen MR) is 103 cm³/mol. The van der Waals surface area contributed by atoms with Gasteiger partial charge in [0.1, 0.15) is 16.4 Å². The molecule has 0 aliphatic rings. The first-order chi connectivity index (χ1) is 12.9. The van der Waals surface area contributed by atoms with Crippen molar-refractivity contribution < 1.29 is 24.2 Å². The van der Waals surface area contributed by atoms with Crippen LogP contribution in [0.1, 0.15) is 51.7 Å². The van der Waals surface area contributed by atoms with Gasteiger partial charge in [0.05, 0.1) is 37.4 Å². The smallest absolute Gasteiger partial charge is 0.305 e. The Morgan fingerprint density at radius 1 is 1.30 bits per heavy atom. The summed E-state index contributed by atoms with van der Waals surface area (Å²) < 4.78 is 10.5. The van der Waals surface area contributed by atoms with Gasteiger partial charge in [-0.2, -0.15) is 0 Å². The van der Waals surface area contributed by atoms with Crippen molar-refractivity contribution in [2.75, 3.05) is 14.2 Å². The number of carboxylic acids is 1. The Labute approximate surface area is 162 Å². The van der Waals surface area contributed by atoms with Gasteiger partial charge in [-0.25, -0.2) is 4.98 Å². The number of carbonyl (C=O) groups excluding carboxylic acids is 1. The summed E-state index contributed by atoms with van der Waals surface area (Å²) in [6.45, 7) is 3.83. The largest absolute Gasteiger partial charge is 0.497 e. The molecule has 2 rings (SSSR count). The predicted octanol–water partition coefficient (Wildman–Crippen LogP) is 3.37. The summed E-state index contributed by atoms with van der Waals surface area (Å²) in [5.41, 5.74) is 1.22. The molecule has 0 saturated heterocycles. The second-order valence-corrected chi connectivity index (χ2v) is 7.09. The molecule has 0 fully saturated rings. The molecule has 27 heavy (non-hydrogen) atoms. The number of rotatable bonds is 9. The van der Waals surface area contributed by atoms with Crippen molar-refractivity contribution in [1.82, 2.24) is 10.3 Å². The van der Waals surface area contributed by atoms with Gasteiger partial charge in [-0.05, 0) is 31.9 Å². The zero-order valence-electron chi connectivity index (χ0n) is 15.9. The lowest BCUT2D eigenvalue weighted by atomic mass is 10.0. The number of carboxylic acid groups (broad SMARTS) is 1. The quantitative estimate of drug-likeness (QED) is 0.679. The van der Waals surface area contributed by atoms with Crippen LogP contribution >= 0.6 is 11.3 Å². The minimum atomic E-state index is -1.02. The van der Waals surface area contributed by atoms with Crippen LogP contribution in [0.15, 0.2) is 18.2 Å². The molecule has 8 heteroatoms. The number of amides is 1. The first kappa shape index (κ1) is 20.7. The fourth-order valence-electron chi connectivity index (χ4n) is 2.73. The van der Waals surface area contributed by atoms with Gasteiger partial charge in [0.2, 0.25) is 0 Å². The summed E-state index contributed by atoms with van der Waals surface area (Å²) in [5.74, 6) is -0.325. The van der Waals surface area contributed by atoms with Crippen LogP contribution in [0.2, 0.25) is 0 Å². The summed E-state index contributed by atoms with van der Waals surface area (Å²) in [6, 6.07) is 4.32. The number of benzene rings is 1. The third kappa shape index (κ3) is 5.19. The molecule has 1 heterocycles. The molecular formula is C19H24N2O5S. The van der Waals surface area contributed by atoms with E-state index in [1.54, 1.807) is 25.1 Å². The fourth-order valence-corrected chi connectivity index (χ4v) is 3.80. The lowest BCUT2D eigenvalue weighted by Crippen LogP contribution is -2.30.